The second-order valence-electron chi connectivity index (χ2n) is 6.16. The van der Waals surface area contributed by atoms with Crippen molar-refractivity contribution in [2.45, 2.75) is 52.2 Å². The van der Waals surface area contributed by atoms with E-state index in [-0.39, 0.29) is 36.1 Å². The van der Waals surface area contributed by atoms with Gasteiger partial charge in [0.2, 0.25) is 0 Å². The lowest BCUT2D eigenvalue weighted by Crippen LogP contribution is -2.26. The molecule has 1 heterocycles. The van der Waals surface area contributed by atoms with Gasteiger partial charge in [0, 0.05) is 24.8 Å². The smallest absolute Gasteiger partial charge is 0.334 e. The Morgan fingerprint density at radius 3 is 2.73 bits per heavy atom. The quantitative estimate of drug-likeness (QED) is 0.453. The Hall–Kier alpha value is -1.91. The van der Waals surface area contributed by atoms with E-state index >= 15 is 0 Å². The maximum Gasteiger partial charge on any atom is 0.334 e. The molecule has 0 unspecified atom stereocenters. The molecular formula is C17H22O5. The summed E-state index contributed by atoms with van der Waals surface area (Å²) in [5.74, 6) is -0.710. The molecule has 0 spiro atoms. The zero-order valence-corrected chi connectivity index (χ0v) is 13.3. The van der Waals surface area contributed by atoms with Gasteiger partial charge in [-0.05, 0) is 31.3 Å². The minimum absolute atomic E-state index is 0.0252. The first kappa shape index (κ1) is 16.5. The Labute approximate surface area is 130 Å². The monoisotopic (exact) mass is 306 g/mol. The second-order valence-corrected chi connectivity index (χ2v) is 6.16. The summed E-state index contributed by atoms with van der Waals surface area (Å²) in [5, 5.41) is 0. The van der Waals surface area contributed by atoms with Crippen LogP contribution in [0.5, 0.6) is 0 Å². The molecule has 0 bridgehead atoms. The molecule has 0 aromatic carbocycles. The summed E-state index contributed by atoms with van der Waals surface area (Å²) in [7, 11) is 0. The molecule has 22 heavy (non-hydrogen) atoms. The molecule has 0 radical (unpaired) electrons. The fourth-order valence-electron chi connectivity index (χ4n) is 3.26. The largest absolute Gasteiger partial charge is 0.458 e. The Morgan fingerprint density at radius 1 is 1.45 bits per heavy atom. The van der Waals surface area contributed by atoms with E-state index in [1.165, 1.54) is 13.8 Å². The van der Waals surface area contributed by atoms with Gasteiger partial charge in [0.15, 0.2) is 0 Å². The van der Waals surface area contributed by atoms with Crippen molar-refractivity contribution >= 4 is 17.7 Å². The third kappa shape index (κ3) is 3.46. The van der Waals surface area contributed by atoms with Gasteiger partial charge < -0.3 is 9.47 Å². The van der Waals surface area contributed by atoms with Crippen LogP contribution in [0.1, 0.15) is 40.0 Å². The number of fused-ring (bicyclic) bond motifs is 1. The number of rotatable bonds is 4. The summed E-state index contributed by atoms with van der Waals surface area (Å²) in [6.45, 7) is 8.63. The highest BCUT2D eigenvalue weighted by atomic mass is 16.6. The van der Waals surface area contributed by atoms with Crippen LogP contribution in [0.4, 0.5) is 0 Å². The van der Waals surface area contributed by atoms with Crippen molar-refractivity contribution in [1.82, 2.24) is 0 Å². The van der Waals surface area contributed by atoms with E-state index in [0.29, 0.717) is 18.4 Å². The van der Waals surface area contributed by atoms with Crippen molar-refractivity contribution in [2.24, 2.45) is 11.8 Å². The first-order chi connectivity index (χ1) is 10.3. The number of hydrogen-bond acceptors (Lipinski definition) is 5. The molecule has 0 aromatic rings. The summed E-state index contributed by atoms with van der Waals surface area (Å²) < 4.78 is 10.7. The fourth-order valence-corrected chi connectivity index (χ4v) is 3.26. The normalized spacial score (nSPS) is 29.0. The van der Waals surface area contributed by atoms with Gasteiger partial charge in [-0.3, -0.25) is 9.59 Å². The van der Waals surface area contributed by atoms with E-state index < -0.39 is 12.1 Å². The van der Waals surface area contributed by atoms with E-state index in [0.717, 1.165) is 5.57 Å². The Bertz CT molecular complexity index is 529. The summed E-state index contributed by atoms with van der Waals surface area (Å²) in [5.41, 5.74) is 1.44. The first-order valence-electron chi connectivity index (χ1n) is 7.56. The Kier molecular flexibility index (Phi) is 4.84. The zero-order valence-electron chi connectivity index (χ0n) is 13.3. The molecule has 1 aliphatic heterocycles. The third-order valence-corrected chi connectivity index (χ3v) is 4.33. The van der Waals surface area contributed by atoms with Gasteiger partial charge >= 0.3 is 11.9 Å². The van der Waals surface area contributed by atoms with Gasteiger partial charge in [-0.25, -0.2) is 4.79 Å². The van der Waals surface area contributed by atoms with Gasteiger partial charge in [0.1, 0.15) is 18.0 Å². The van der Waals surface area contributed by atoms with Gasteiger partial charge in [-0.15, -0.1) is 0 Å². The van der Waals surface area contributed by atoms with Gasteiger partial charge in [-0.2, -0.15) is 0 Å². The predicted molar refractivity (Wildman–Crippen MR) is 79.8 cm³/mol. The molecule has 5 heteroatoms. The van der Waals surface area contributed by atoms with Crippen LogP contribution in [0.2, 0.25) is 0 Å². The molecule has 5 nitrogen and oxygen atoms in total. The Balaban J connectivity index is 2.23. The summed E-state index contributed by atoms with van der Waals surface area (Å²) in [6, 6.07) is 0. The fraction of sp³-hybridized carbons (Fsp3) is 0.588. The van der Waals surface area contributed by atoms with Gasteiger partial charge in [0.25, 0.3) is 0 Å². The second kappa shape index (κ2) is 6.46. The molecule has 2 rings (SSSR count). The van der Waals surface area contributed by atoms with Crippen molar-refractivity contribution in [2.75, 3.05) is 0 Å². The highest BCUT2D eigenvalue weighted by molar-refractivity contribution is 5.90. The highest BCUT2D eigenvalue weighted by Crippen LogP contribution is 2.39. The van der Waals surface area contributed by atoms with Crippen molar-refractivity contribution in [1.29, 1.82) is 0 Å². The lowest BCUT2D eigenvalue weighted by atomic mass is 9.89. The average Bonchev–Trinajstić information content (AvgIpc) is 2.56. The molecule has 4 atom stereocenters. The van der Waals surface area contributed by atoms with Gasteiger partial charge in [0.05, 0.1) is 0 Å². The molecule has 120 valence electrons. The van der Waals surface area contributed by atoms with Crippen LogP contribution in [0.15, 0.2) is 23.8 Å². The number of Topliss-reactive ketones (excluding diaryl/α,β-unsaturated/α-hetero) is 1. The van der Waals surface area contributed by atoms with Crippen LogP contribution in [-0.4, -0.2) is 29.9 Å². The lowest BCUT2D eigenvalue weighted by molar-refractivity contribution is -0.145. The topological polar surface area (TPSA) is 69.7 Å². The van der Waals surface area contributed by atoms with Crippen molar-refractivity contribution in [3.63, 3.8) is 0 Å². The maximum absolute atomic E-state index is 11.6. The maximum atomic E-state index is 11.6. The molecule has 0 amide bonds. The highest BCUT2D eigenvalue weighted by Gasteiger charge is 2.41. The number of ketones is 1. The number of ether oxygens (including phenoxy) is 2. The van der Waals surface area contributed by atoms with Crippen LogP contribution in [0.25, 0.3) is 0 Å². The Morgan fingerprint density at radius 2 is 2.14 bits per heavy atom. The van der Waals surface area contributed by atoms with Crippen LogP contribution in [0, 0.1) is 11.8 Å². The van der Waals surface area contributed by atoms with E-state index in [4.69, 9.17) is 9.47 Å². The lowest BCUT2D eigenvalue weighted by Gasteiger charge is -2.24. The third-order valence-electron chi connectivity index (χ3n) is 4.33. The summed E-state index contributed by atoms with van der Waals surface area (Å²) >= 11 is 0. The van der Waals surface area contributed by atoms with Crippen LogP contribution in [0.3, 0.4) is 0 Å². The van der Waals surface area contributed by atoms with E-state index in [1.54, 1.807) is 0 Å². The number of hydrogen-bond donors (Lipinski definition) is 0. The number of carbonyl (C=O) groups excluding carboxylic acids is 3. The number of esters is 2. The van der Waals surface area contributed by atoms with Crippen LogP contribution in [-0.2, 0) is 23.9 Å². The van der Waals surface area contributed by atoms with E-state index in [2.05, 4.69) is 6.58 Å². The standard InChI is InChI=1S/C17H22O5/c1-9-7-15-14(11(3)17(20)22-15)6-5-13(9)16(8-10(2)18)21-12(4)19/h5,9,14-16H,3,6-8H2,1-2,4H3/t9-,14+,15-,16-/m0/s1. The molecule has 1 aliphatic carbocycles. The minimum Gasteiger partial charge on any atom is -0.458 e. The molecule has 2 aliphatic rings. The molecule has 0 aromatic heterocycles. The van der Waals surface area contributed by atoms with Crippen LogP contribution >= 0.6 is 0 Å². The van der Waals surface area contributed by atoms with E-state index in [9.17, 15) is 14.4 Å². The van der Waals surface area contributed by atoms with E-state index in [1.807, 2.05) is 13.0 Å². The van der Waals surface area contributed by atoms with Gasteiger partial charge in [-0.1, -0.05) is 19.6 Å². The van der Waals surface area contributed by atoms with Crippen molar-refractivity contribution in [3.05, 3.63) is 23.8 Å². The minimum atomic E-state index is -0.534. The van der Waals surface area contributed by atoms with Crippen molar-refractivity contribution in [3.8, 4) is 0 Å². The molecule has 1 fully saturated rings. The van der Waals surface area contributed by atoms with Crippen molar-refractivity contribution < 1.29 is 23.9 Å². The number of carbonyl (C=O) groups is 3. The molecule has 1 saturated heterocycles. The number of allylic oxidation sites excluding steroid dienone is 1. The summed E-state index contributed by atoms with van der Waals surface area (Å²) in [6.07, 6.45) is 2.71. The predicted octanol–water partition coefficient (Wildman–Crippen LogP) is 2.35. The molecular weight excluding hydrogens is 284 g/mol. The SMILES string of the molecule is C=C1C(=O)O[C@H]2C[C@H](C)C([C@H](CC(C)=O)OC(C)=O)=CC[C@H]12. The zero-order chi connectivity index (χ0) is 16.4. The summed E-state index contributed by atoms with van der Waals surface area (Å²) in [4.78, 5) is 34.4. The molecule has 0 saturated carbocycles. The first-order valence-corrected chi connectivity index (χ1v) is 7.56. The van der Waals surface area contributed by atoms with Crippen LogP contribution < -0.4 is 0 Å². The molecule has 0 N–H and O–H groups in total. The average molecular weight is 306 g/mol.